The fourth-order valence-electron chi connectivity index (χ4n) is 2.42. The summed E-state index contributed by atoms with van der Waals surface area (Å²) in [6.45, 7) is 1.75. The van der Waals surface area contributed by atoms with Crippen LogP contribution in [-0.2, 0) is 4.57 Å². The lowest BCUT2D eigenvalue weighted by Gasteiger charge is -2.24. The van der Waals surface area contributed by atoms with Crippen LogP contribution in [0.3, 0.4) is 0 Å². The van der Waals surface area contributed by atoms with Crippen molar-refractivity contribution in [2.75, 3.05) is 0 Å². The van der Waals surface area contributed by atoms with Gasteiger partial charge in [-0.05, 0) is 36.8 Å². The van der Waals surface area contributed by atoms with Crippen LogP contribution in [0, 0.1) is 11.6 Å². The Bertz CT molecular complexity index is 901. The molecule has 1 N–H and O–H groups in total. The van der Waals surface area contributed by atoms with E-state index >= 15 is 0 Å². The molecule has 140 valence electrons. The van der Waals surface area contributed by atoms with Crippen LogP contribution in [0.2, 0.25) is 0 Å². The Balaban J connectivity index is 1.91. The van der Waals surface area contributed by atoms with Gasteiger partial charge in [-0.15, -0.1) is 0 Å². The molecule has 0 aromatic heterocycles. The molecule has 3 rings (SSSR count). The molecule has 0 radical (unpaired) electrons. The SMILES string of the molecule is CC(NP(=O)(Oc1ccccc1F)Oc1ccccc1F)c1ccccc1. The van der Waals surface area contributed by atoms with Gasteiger partial charge in [0, 0.05) is 6.04 Å². The summed E-state index contributed by atoms with van der Waals surface area (Å²) < 4.78 is 52.1. The quantitative estimate of drug-likeness (QED) is 0.513. The molecule has 3 aromatic rings. The van der Waals surface area contributed by atoms with E-state index in [0.29, 0.717) is 0 Å². The molecule has 1 atom stereocenters. The van der Waals surface area contributed by atoms with Crippen molar-refractivity contribution in [1.82, 2.24) is 5.09 Å². The zero-order chi connectivity index (χ0) is 19.3. The summed E-state index contributed by atoms with van der Waals surface area (Å²) in [5, 5.41) is 2.74. The summed E-state index contributed by atoms with van der Waals surface area (Å²) >= 11 is 0. The number of para-hydroxylation sites is 2. The highest BCUT2D eigenvalue weighted by Crippen LogP contribution is 2.47. The standard InChI is InChI=1S/C20H18F2NO3P/c1-15(16-9-3-2-4-10-16)23-27(24,25-19-13-7-5-11-17(19)21)26-20-14-8-6-12-18(20)22/h2-15H,1H3,(H,23,24). The first-order valence-electron chi connectivity index (χ1n) is 8.28. The van der Waals surface area contributed by atoms with Gasteiger partial charge in [-0.3, -0.25) is 0 Å². The number of rotatable bonds is 7. The van der Waals surface area contributed by atoms with Crippen molar-refractivity contribution in [2.24, 2.45) is 0 Å². The third-order valence-corrected chi connectivity index (χ3v) is 5.34. The van der Waals surface area contributed by atoms with Crippen LogP contribution < -0.4 is 14.1 Å². The van der Waals surface area contributed by atoms with Crippen LogP contribution in [0.4, 0.5) is 8.78 Å². The summed E-state index contributed by atoms with van der Waals surface area (Å²) in [4.78, 5) is 0. The summed E-state index contributed by atoms with van der Waals surface area (Å²) in [7, 11) is -4.17. The van der Waals surface area contributed by atoms with Crippen molar-refractivity contribution >= 4 is 7.75 Å². The van der Waals surface area contributed by atoms with Crippen LogP contribution in [0.15, 0.2) is 78.9 Å². The summed E-state index contributed by atoms with van der Waals surface area (Å²) in [5.74, 6) is -1.93. The second kappa shape index (κ2) is 8.33. The molecule has 27 heavy (non-hydrogen) atoms. The topological polar surface area (TPSA) is 47.6 Å². The van der Waals surface area contributed by atoms with Gasteiger partial charge in [-0.2, -0.15) is 5.09 Å². The van der Waals surface area contributed by atoms with Gasteiger partial charge in [0.05, 0.1) is 0 Å². The monoisotopic (exact) mass is 389 g/mol. The van der Waals surface area contributed by atoms with E-state index in [0.717, 1.165) is 5.56 Å². The van der Waals surface area contributed by atoms with Crippen LogP contribution >= 0.6 is 7.75 Å². The van der Waals surface area contributed by atoms with Gasteiger partial charge in [0.25, 0.3) is 0 Å². The van der Waals surface area contributed by atoms with Gasteiger partial charge >= 0.3 is 7.75 Å². The average molecular weight is 389 g/mol. The number of hydrogen-bond donors (Lipinski definition) is 1. The van der Waals surface area contributed by atoms with Crippen LogP contribution in [0.5, 0.6) is 11.5 Å². The molecule has 0 bridgehead atoms. The second-order valence-electron chi connectivity index (χ2n) is 5.80. The predicted octanol–water partition coefficient (Wildman–Crippen LogP) is 5.88. The molecule has 0 aliphatic heterocycles. The zero-order valence-corrected chi connectivity index (χ0v) is 15.4. The maximum atomic E-state index is 14.0. The third-order valence-electron chi connectivity index (χ3n) is 3.76. The fraction of sp³-hybridized carbons (Fsp3) is 0.100. The molecular weight excluding hydrogens is 371 g/mol. The number of hydrogen-bond acceptors (Lipinski definition) is 3. The smallest absolute Gasteiger partial charge is 0.401 e. The van der Waals surface area contributed by atoms with E-state index in [1.54, 1.807) is 6.92 Å². The Labute approximate surface area is 156 Å². The molecule has 3 aromatic carbocycles. The molecule has 0 fully saturated rings. The fourth-order valence-corrected chi connectivity index (χ4v) is 4.00. The van der Waals surface area contributed by atoms with E-state index in [9.17, 15) is 13.3 Å². The Morgan fingerprint density at radius 2 is 1.22 bits per heavy atom. The highest BCUT2D eigenvalue weighted by Gasteiger charge is 2.33. The molecule has 1 unspecified atom stereocenters. The molecule has 0 saturated carbocycles. The van der Waals surface area contributed by atoms with Crippen LogP contribution in [0.25, 0.3) is 0 Å². The van der Waals surface area contributed by atoms with Gasteiger partial charge < -0.3 is 9.05 Å². The minimum Gasteiger partial charge on any atom is -0.401 e. The molecule has 0 spiro atoms. The van der Waals surface area contributed by atoms with Gasteiger partial charge in [-0.1, -0.05) is 54.6 Å². The summed E-state index contributed by atoms with van der Waals surface area (Å²) in [6, 6.07) is 19.7. The lowest BCUT2D eigenvalue weighted by atomic mass is 10.1. The molecule has 0 aliphatic rings. The van der Waals surface area contributed by atoms with E-state index in [4.69, 9.17) is 9.05 Å². The normalized spacial score (nSPS) is 12.4. The van der Waals surface area contributed by atoms with Crippen molar-refractivity contribution in [3.63, 3.8) is 0 Å². The number of nitrogens with one attached hydrogen (secondary N) is 1. The minimum absolute atomic E-state index is 0.259. The zero-order valence-electron chi connectivity index (χ0n) is 14.5. The molecule has 0 aliphatic carbocycles. The van der Waals surface area contributed by atoms with Crippen molar-refractivity contribution in [3.8, 4) is 11.5 Å². The largest absolute Gasteiger partial charge is 0.513 e. The molecule has 4 nitrogen and oxygen atoms in total. The van der Waals surface area contributed by atoms with Crippen molar-refractivity contribution < 1.29 is 22.4 Å². The lowest BCUT2D eigenvalue weighted by molar-refractivity contribution is 0.347. The maximum Gasteiger partial charge on any atom is 0.513 e. The van der Waals surface area contributed by atoms with Gasteiger partial charge in [0.1, 0.15) is 0 Å². The number of benzene rings is 3. The Morgan fingerprint density at radius 1 is 0.778 bits per heavy atom. The van der Waals surface area contributed by atoms with Crippen molar-refractivity contribution in [1.29, 1.82) is 0 Å². The first-order chi connectivity index (χ1) is 13.0. The highest BCUT2D eigenvalue weighted by molar-refractivity contribution is 7.52. The van der Waals surface area contributed by atoms with E-state index < -0.39 is 25.4 Å². The summed E-state index contributed by atoms with van der Waals surface area (Å²) in [6.07, 6.45) is 0. The van der Waals surface area contributed by atoms with E-state index in [-0.39, 0.29) is 11.5 Å². The molecule has 0 saturated heterocycles. The Kier molecular flexibility index (Phi) is 5.89. The Morgan fingerprint density at radius 3 is 1.70 bits per heavy atom. The van der Waals surface area contributed by atoms with Gasteiger partial charge in [0.2, 0.25) is 0 Å². The highest BCUT2D eigenvalue weighted by atomic mass is 31.2. The molecule has 0 heterocycles. The van der Waals surface area contributed by atoms with Crippen molar-refractivity contribution in [2.45, 2.75) is 13.0 Å². The predicted molar refractivity (Wildman–Crippen MR) is 99.7 cm³/mol. The first kappa shape index (κ1) is 19.1. The first-order valence-corrected chi connectivity index (χ1v) is 9.82. The van der Waals surface area contributed by atoms with E-state index in [1.807, 2.05) is 30.3 Å². The van der Waals surface area contributed by atoms with Gasteiger partial charge in [-0.25, -0.2) is 13.3 Å². The minimum atomic E-state index is -4.17. The lowest BCUT2D eigenvalue weighted by Crippen LogP contribution is -2.22. The van der Waals surface area contributed by atoms with Gasteiger partial charge in [0.15, 0.2) is 23.1 Å². The molecule has 7 heteroatoms. The van der Waals surface area contributed by atoms with Crippen LogP contribution in [0.1, 0.15) is 18.5 Å². The Hall–Kier alpha value is -2.69. The van der Waals surface area contributed by atoms with Crippen molar-refractivity contribution in [3.05, 3.63) is 96.1 Å². The molecular formula is C20H18F2NO3P. The number of halogens is 2. The van der Waals surface area contributed by atoms with E-state index in [2.05, 4.69) is 5.09 Å². The van der Waals surface area contributed by atoms with E-state index in [1.165, 1.54) is 48.5 Å². The molecule has 0 amide bonds. The summed E-state index contributed by atoms with van der Waals surface area (Å²) in [5.41, 5.74) is 0.812. The second-order valence-corrected chi connectivity index (χ2v) is 7.42. The van der Waals surface area contributed by atoms with Crippen LogP contribution in [-0.4, -0.2) is 0 Å². The third kappa shape index (κ3) is 4.94. The average Bonchev–Trinajstić information content (AvgIpc) is 2.66. The maximum absolute atomic E-state index is 14.0.